The average molecular weight is 195 g/mol. The van der Waals surface area contributed by atoms with Crippen molar-refractivity contribution in [2.24, 2.45) is 7.05 Å². The molecule has 0 aliphatic rings. The highest BCUT2D eigenvalue weighted by molar-refractivity contribution is 5.49. The molecule has 2 aromatic rings. The minimum atomic E-state index is -0.535. The second kappa shape index (κ2) is 2.91. The third-order valence-electron chi connectivity index (χ3n) is 1.62. The summed E-state index contributed by atoms with van der Waals surface area (Å²) in [7, 11) is 1.47. The van der Waals surface area contributed by atoms with Gasteiger partial charge in [-0.25, -0.2) is 0 Å². The molecule has 72 valence electrons. The van der Waals surface area contributed by atoms with E-state index in [0.29, 0.717) is 0 Å². The number of hydrogen-bond donors (Lipinski definition) is 0. The van der Waals surface area contributed by atoms with Crippen LogP contribution in [0.15, 0.2) is 16.9 Å². The van der Waals surface area contributed by atoms with Crippen LogP contribution in [0.1, 0.15) is 0 Å². The topological polar surface area (TPSA) is 99.9 Å². The fourth-order valence-corrected chi connectivity index (χ4v) is 1.02. The Hall–Kier alpha value is -2.25. The number of nitrogens with zero attached hydrogens (tertiary/aromatic N) is 5. The molecule has 0 bridgehead atoms. The molecule has 0 amide bonds. The van der Waals surface area contributed by atoms with Crippen LogP contribution in [0.2, 0.25) is 0 Å². The summed E-state index contributed by atoms with van der Waals surface area (Å²) in [5, 5.41) is 21.4. The summed E-state index contributed by atoms with van der Waals surface area (Å²) in [6.45, 7) is 0. The second-order valence-electron chi connectivity index (χ2n) is 2.51. The molecule has 2 aromatic heterocycles. The van der Waals surface area contributed by atoms with E-state index < -0.39 is 4.92 Å². The molecule has 0 unspecified atom stereocenters. The van der Waals surface area contributed by atoms with Gasteiger partial charge in [0.15, 0.2) is 5.69 Å². The first-order valence-corrected chi connectivity index (χ1v) is 3.63. The molecular weight excluding hydrogens is 190 g/mol. The third kappa shape index (κ3) is 1.22. The summed E-state index contributed by atoms with van der Waals surface area (Å²) in [6.07, 6.45) is 1.13. The summed E-state index contributed by atoms with van der Waals surface area (Å²) in [4.78, 5) is 9.95. The van der Waals surface area contributed by atoms with Crippen molar-refractivity contribution >= 4 is 5.82 Å². The van der Waals surface area contributed by atoms with E-state index in [-0.39, 0.29) is 17.4 Å². The Bertz CT molecular complexity index is 460. The van der Waals surface area contributed by atoms with Gasteiger partial charge in [0.05, 0.1) is 6.07 Å². The summed E-state index contributed by atoms with van der Waals surface area (Å²) < 4.78 is 5.99. The maximum absolute atomic E-state index is 10.5. The van der Waals surface area contributed by atoms with Gasteiger partial charge in [-0.2, -0.15) is 0 Å². The van der Waals surface area contributed by atoms with Crippen molar-refractivity contribution in [1.29, 1.82) is 0 Å². The molecule has 8 heteroatoms. The summed E-state index contributed by atoms with van der Waals surface area (Å²) in [5.74, 6) is 0.0342. The Morgan fingerprint density at radius 2 is 2.43 bits per heavy atom. The van der Waals surface area contributed by atoms with Crippen molar-refractivity contribution in [3.63, 3.8) is 0 Å². The van der Waals surface area contributed by atoms with Crippen LogP contribution in [-0.2, 0) is 7.05 Å². The standard InChI is InChI=1S/C6H5N5O3/c1-10-5(11(12)13)2-4(9-10)6-8-7-3-14-6/h2-3H,1H3. The van der Waals surface area contributed by atoms with Crippen molar-refractivity contribution in [2.45, 2.75) is 0 Å². The first-order chi connectivity index (χ1) is 6.68. The van der Waals surface area contributed by atoms with Gasteiger partial charge >= 0.3 is 5.82 Å². The Kier molecular flexibility index (Phi) is 1.73. The van der Waals surface area contributed by atoms with Gasteiger partial charge in [0.1, 0.15) is 7.05 Å². The molecule has 0 aliphatic heterocycles. The van der Waals surface area contributed by atoms with E-state index in [1.807, 2.05) is 0 Å². The summed E-state index contributed by atoms with van der Waals surface area (Å²) >= 11 is 0. The number of nitro groups is 1. The van der Waals surface area contributed by atoms with Crippen molar-refractivity contribution in [3.8, 4) is 11.6 Å². The van der Waals surface area contributed by atoms with Gasteiger partial charge in [-0.05, 0) is 4.92 Å². The molecule has 2 rings (SSSR count). The van der Waals surface area contributed by atoms with Gasteiger partial charge in [-0.1, -0.05) is 5.10 Å². The van der Waals surface area contributed by atoms with Gasteiger partial charge < -0.3 is 14.5 Å². The van der Waals surface area contributed by atoms with Gasteiger partial charge in [-0.15, -0.1) is 14.9 Å². The Balaban J connectivity index is 2.48. The van der Waals surface area contributed by atoms with E-state index in [4.69, 9.17) is 4.42 Å². The van der Waals surface area contributed by atoms with Gasteiger partial charge in [0.25, 0.3) is 5.89 Å². The molecule has 0 aromatic carbocycles. The van der Waals surface area contributed by atoms with Crippen molar-refractivity contribution in [3.05, 3.63) is 22.6 Å². The van der Waals surface area contributed by atoms with Crippen LogP contribution >= 0.6 is 0 Å². The predicted octanol–water partition coefficient (Wildman–Crippen LogP) is 0.378. The highest BCUT2D eigenvalue weighted by atomic mass is 16.6. The average Bonchev–Trinajstić information content (AvgIpc) is 2.70. The van der Waals surface area contributed by atoms with E-state index in [1.54, 1.807) is 0 Å². The molecule has 0 spiro atoms. The zero-order valence-corrected chi connectivity index (χ0v) is 7.12. The highest BCUT2D eigenvalue weighted by Crippen LogP contribution is 2.19. The molecule has 0 saturated carbocycles. The Morgan fingerprint density at radius 3 is 2.93 bits per heavy atom. The summed E-state index contributed by atoms with van der Waals surface area (Å²) in [5.41, 5.74) is 0.289. The quantitative estimate of drug-likeness (QED) is 0.507. The zero-order valence-electron chi connectivity index (χ0n) is 7.12. The SMILES string of the molecule is Cn1nc(-c2nnco2)cc1[N+](=O)[O-]. The fourth-order valence-electron chi connectivity index (χ4n) is 1.02. The zero-order chi connectivity index (χ0) is 10.1. The maximum atomic E-state index is 10.5. The number of aryl methyl sites for hydroxylation is 1. The molecule has 0 N–H and O–H groups in total. The maximum Gasteiger partial charge on any atom is 0.345 e. The van der Waals surface area contributed by atoms with Gasteiger partial charge in [-0.3, -0.25) is 0 Å². The Morgan fingerprint density at radius 1 is 1.64 bits per heavy atom. The molecule has 8 nitrogen and oxygen atoms in total. The van der Waals surface area contributed by atoms with Crippen LogP contribution in [0, 0.1) is 10.1 Å². The molecule has 0 aliphatic carbocycles. The van der Waals surface area contributed by atoms with E-state index in [1.165, 1.54) is 13.1 Å². The Labute approximate surface area is 77.3 Å². The van der Waals surface area contributed by atoms with Crippen LogP contribution in [0.4, 0.5) is 5.82 Å². The van der Waals surface area contributed by atoms with Crippen LogP contribution in [0.3, 0.4) is 0 Å². The molecule has 0 saturated heterocycles. The molecule has 14 heavy (non-hydrogen) atoms. The van der Waals surface area contributed by atoms with E-state index in [9.17, 15) is 10.1 Å². The highest BCUT2D eigenvalue weighted by Gasteiger charge is 2.18. The van der Waals surface area contributed by atoms with Crippen LogP contribution in [0.5, 0.6) is 0 Å². The monoisotopic (exact) mass is 195 g/mol. The third-order valence-corrected chi connectivity index (χ3v) is 1.62. The molecule has 0 radical (unpaired) electrons. The predicted molar refractivity (Wildman–Crippen MR) is 43.2 cm³/mol. The lowest BCUT2D eigenvalue weighted by molar-refractivity contribution is -0.392. The number of aromatic nitrogens is 4. The largest absolute Gasteiger partial charge is 0.422 e. The van der Waals surface area contributed by atoms with Crippen LogP contribution in [-0.4, -0.2) is 24.9 Å². The first kappa shape index (κ1) is 8.35. The van der Waals surface area contributed by atoms with E-state index in [0.717, 1.165) is 11.1 Å². The van der Waals surface area contributed by atoms with E-state index in [2.05, 4.69) is 15.3 Å². The smallest absolute Gasteiger partial charge is 0.345 e. The van der Waals surface area contributed by atoms with Crippen LogP contribution < -0.4 is 0 Å². The second-order valence-corrected chi connectivity index (χ2v) is 2.51. The lowest BCUT2D eigenvalue weighted by Gasteiger charge is -1.89. The lowest BCUT2D eigenvalue weighted by atomic mass is 10.4. The lowest BCUT2D eigenvalue weighted by Crippen LogP contribution is -1.97. The summed E-state index contributed by atoms with van der Waals surface area (Å²) in [6, 6.07) is 1.27. The fraction of sp³-hybridized carbons (Fsp3) is 0.167. The van der Waals surface area contributed by atoms with Crippen molar-refractivity contribution < 1.29 is 9.34 Å². The van der Waals surface area contributed by atoms with Crippen LogP contribution in [0.25, 0.3) is 11.6 Å². The van der Waals surface area contributed by atoms with Gasteiger partial charge in [0.2, 0.25) is 6.39 Å². The van der Waals surface area contributed by atoms with Gasteiger partial charge in [0, 0.05) is 0 Å². The van der Waals surface area contributed by atoms with E-state index >= 15 is 0 Å². The molecule has 0 fully saturated rings. The number of rotatable bonds is 2. The first-order valence-electron chi connectivity index (χ1n) is 3.63. The molecule has 2 heterocycles. The minimum absolute atomic E-state index is 0.127. The number of hydrogen-bond acceptors (Lipinski definition) is 6. The van der Waals surface area contributed by atoms with Crippen molar-refractivity contribution in [2.75, 3.05) is 0 Å². The minimum Gasteiger partial charge on any atom is -0.422 e. The molecule has 0 atom stereocenters. The normalized spacial score (nSPS) is 10.4. The molecular formula is C6H5N5O3. The van der Waals surface area contributed by atoms with Crippen molar-refractivity contribution in [1.82, 2.24) is 20.0 Å².